The number of amides is 1. The Bertz CT molecular complexity index is 894. The van der Waals surface area contributed by atoms with E-state index in [1.807, 2.05) is 32.0 Å². The Balaban J connectivity index is 1.56. The molecule has 1 aliphatic rings. The number of benzene rings is 2. The van der Waals surface area contributed by atoms with Gasteiger partial charge in [0.25, 0.3) is 5.91 Å². The molecule has 0 bridgehead atoms. The van der Waals surface area contributed by atoms with Crippen molar-refractivity contribution in [2.45, 2.75) is 39.7 Å². The lowest BCUT2D eigenvalue weighted by Gasteiger charge is -2.32. The fourth-order valence-corrected chi connectivity index (χ4v) is 3.90. The molecule has 160 valence electrons. The van der Waals surface area contributed by atoms with Gasteiger partial charge >= 0.3 is 0 Å². The first-order chi connectivity index (χ1) is 14.3. The summed E-state index contributed by atoms with van der Waals surface area (Å²) in [4.78, 5) is 14.7. The molecule has 0 aliphatic carbocycles. The van der Waals surface area contributed by atoms with E-state index in [0.717, 1.165) is 36.1 Å². The highest BCUT2D eigenvalue weighted by Crippen LogP contribution is 2.31. The van der Waals surface area contributed by atoms with Crippen LogP contribution in [0.15, 0.2) is 42.5 Å². The van der Waals surface area contributed by atoms with Gasteiger partial charge in [-0.3, -0.25) is 10.1 Å². The van der Waals surface area contributed by atoms with Crippen molar-refractivity contribution in [1.82, 2.24) is 5.32 Å². The maximum Gasteiger partial charge on any atom is 0.257 e. The van der Waals surface area contributed by atoms with Crippen LogP contribution in [0.2, 0.25) is 5.02 Å². The van der Waals surface area contributed by atoms with Crippen LogP contribution in [0.5, 0.6) is 5.75 Å². The van der Waals surface area contributed by atoms with Crippen molar-refractivity contribution in [3.05, 3.63) is 53.1 Å². The first-order valence-corrected chi connectivity index (χ1v) is 11.0. The molecule has 2 aromatic rings. The maximum atomic E-state index is 12.4. The van der Waals surface area contributed by atoms with Crippen molar-refractivity contribution in [2.24, 2.45) is 5.92 Å². The van der Waals surface area contributed by atoms with Gasteiger partial charge in [-0.05, 0) is 87.3 Å². The van der Waals surface area contributed by atoms with Crippen molar-refractivity contribution in [2.75, 3.05) is 23.3 Å². The van der Waals surface area contributed by atoms with Crippen LogP contribution in [0.3, 0.4) is 0 Å². The minimum Gasteiger partial charge on any atom is -0.491 e. The van der Waals surface area contributed by atoms with Crippen LogP contribution in [0.1, 0.15) is 44.0 Å². The third-order valence-electron chi connectivity index (χ3n) is 5.05. The van der Waals surface area contributed by atoms with E-state index in [0.29, 0.717) is 10.6 Å². The largest absolute Gasteiger partial charge is 0.491 e. The average Bonchev–Trinajstić information content (AvgIpc) is 2.69. The van der Waals surface area contributed by atoms with Gasteiger partial charge in [-0.25, -0.2) is 0 Å². The smallest absolute Gasteiger partial charge is 0.257 e. The number of nitrogens with zero attached hydrogens (tertiary/aromatic N) is 1. The molecule has 0 radical (unpaired) electrons. The molecule has 30 heavy (non-hydrogen) atoms. The number of ether oxygens (including phenoxy) is 1. The zero-order valence-corrected chi connectivity index (χ0v) is 19.1. The third kappa shape index (κ3) is 6.09. The first kappa shape index (κ1) is 22.4. The quantitative estimate of drug-likeness (QED) is 0.596. The molecule has 0 aromatic heterocycles. The first-order valence-electron chi connectivity index (χ1n) is 10.3. The van der Waals surface area contributed by atoms with Crippen LogP contribution in [0, 0.1) is 5.92 Å². The number of anilines is 2. The Morgan fingerprint density at radius 1 is 1.17 bits per heavy atom. The minimum absolute atomic E-state index is 0.0816. The van der Waals surface area contributed by atoms with Gasteiger partial charge in [-0.15, -0.1) is 0 Å². The Labute approximate surface area is 188 Å². The minimum atomic E-state index is -0.284. The van der Waals surface area contributed by atoms with E-state index in [-0.39, 0.29) is 17.1 Å². The standard InChI is InChI=1S/C23H28ClN3O2S/c1-15(2)29-19-7-4-17(5-8-19)22(28)26-23(30)25-18-6-9-21(20(24)14-18)27-12-10-16(3)11-13-27/h4-9,14-16H,10-13H2,1-3H3,(H2,25,26,28,30). The predicted molar refractivity (Wildman–Crippen MR) is 128 cm³/mol. The van der Waals surface area contributed by atoms with Gasteiger partial charge in [-0.2, -0.15) is 0 Å². The number of rotatable bonds is 5. The second-order valence-corrected chi connectivity index (χ2v) is 8.75. The van der Waals surface area contributed by atoms with E-state index in [1.54, 1.807) is 24.3 Å². The molecule has 5 nitrogen and oxygen atoms in total. The van der Waals surface area contributed by atoms with E-state index in [1.165, 1.54) is 12.8 Å². The Hall–Kier alpha value is -2.31. The zero-order valence-electron chi connectivity index (χ0n) is 17.6. The van der Waals surface area contributed by atoms with Crippen molar-refractivity contribution < 1.29 is 9.53 Å². The average molecular weight is 446 g/mol. The highest BCUT2D eigenvalue weighted by atomic mass is 35.5. The summed E-state index contributed by atoms with van der Waals surface area (Å²) in [6.07, 6.45) is 2.44. The second kappa shape index (κ2) is 10.1. The van der Waals surface area contributed by atoms with Crippen molar-refractivity contribution >= 4 is 46.2 Å². The lowest BCUT2D eigenvalue weighted by molar-refractivity contribution is 0.0977. The Morgan fingerprint density at radius 2 is 1.83 bits per heavy atom. The van der Waals surface area contributed by atoms with Gasteiger partial charge in [0.2, 0.25) is 0 Å². The summed E-state index contributed by atoms with van der Waals surface area (Å²) in [7, 11) is 0. The van der Waals surface area contributed by atoms with Crippen LogP contribution >= 0.6 is 23.8 Å². The molecular weight excluding hydrogens is 418 g/mol. The number of carbonyl (C=O) groups excluding carboxylic acids is 1. The van der Waals surface area contributed by atoms with Crippen molar-refractivity contribution in [1.29, 1.82) is 0 Å². The van der Waals surface area contributed by atoms with Crippen molar-refractivity contribution in [3.8, 4) is 5.75 Å². The number of halogens is 1. The van der Waals surface area contributed by atoms with Gasteiger partial charge < -0.3 is 15.0 Å². The fourth-order valence-electron chi connectivity index (χ4n) is 3.39. The fraction of sp³-hybridized carbons (Fsp3) is 0.391. The lowest BCUT2D eigenvalue weighted by atomic mass is 9.99. The highest BCUT2D eigenvalue weighted by Gasteiger charge is 2.18. The van der Waals surface area contributed by atoms with Crippen LogP contribution in [-0.4, -0.2) is 30.2 Å². The molecular formula is C23H28ClN3O2S. The molecule has 2 N–H and O–H groups in total. The van der Waals surface area contributed by atoms with Crippen LogP contribution in [0.25, 0.3) is 0 Å². The Morgan fingerprint density at radius 3 is 2.43 bits per heavy atom. The molecule has 7 heteroatoms. The SMILES string of the molecule is CC1CCN(c2ccc(NC(=S)NC(=O)c3ccc(OC(C)C)cc3)cc2Cl)CC1. The molecule has 1 saturated heterocycles. The van der Waals surface area contributed by atoms with Gasteiger partial charge in [0.15, 0.2) is 5.11 Å². The molecule has 1 heterocycles. The summed E-state index contributed by atoms with van der Waals surface area (Å²) >= 11 is 11.8. The lowest BCUT2D eigenvalue weighted by Crippen LogP contribution is -2.34. The van der Waals surface area contributed by atoms with E-state index in [2.05, 4.69) is 22.5 Å². The highest BCUT2D eigenvalue weighted by molar-refractivity contribution is 7.80. The van der Waals surface area contributed by atoms with Gasteiger partial charge in [-0.1, -0.05) is 18.5 Å². The van der Waals surface area contributed by atoms with Crippen LogP contribution < -0.4 is 20.3 Å². The molecule has 0 spiro atoms. The van der Waals surface area contributed by atoms with Gasteiger partial charge in [0, 0.05) is 24.3 Å². The summed E-state index contributed by atoms with van der Waals surface area (Å²) in [6, 6.07) is 12.7. The number of nitrogens with one attached hydrogen (secondary N) is 2. The molecule has 0 atom stereocenters. The summed E-state index contributed by atoms with van der Waals surface area (Å²) in [6.45, 7) is 8.23. The number of piperidine rings is 1. The van der Waals surface area contributed by atoms with E-state index < -0.39 is 0 Å². The molecule has 1 amide bonds. The number of thiocarbonyl (C=S) groups is 1. The topological polar surface area (TPSA) is 53.6 Å². The predicted octanol–water partition coefficient (Wildman–Crippen LogP) is 5.49. The molecule has 0 saturated carbocycles. The molecule has 1 aliphatic heterocycles. The Kier molecular flexibility index (Phi) is 7.56. The summed E-state index contributed by atoms with van der Waals surface area (Å²) in [5.74, 6) is 1.20. The molecule has 1 fully saturated rings. The van der Waals surface area contributed by atoms with Crippen LogP contribution in [0.4, 0.5) is 11.4 Å². The van der Waals surface area contributed by atoms with Crippen LogP contribution in [-0.2, 0) is 0 Å². The molecule has 0 unspecified atom stereocenters. The molecule has 3 rings (SSSR count). The van der Waals surface area contributed by atoms with E-state index >= 15 is 0 Å². The normalized spacial score (nSPS) is 14.5. The summed E-state index contributed by atoms with van der Waals surface area (Å²) in [5, 5.41) is 6.62. The summed E-state index contributed by atoms with van der Waals surface area (Å²) < 4.78 is 5.59. The maximum absolute atomic E-state index is 12.4. The number of carbonyl (C=O) groups is 1. The third-order valence-corrected chi connectivity index (χ3v) is 5.55. The monoisotopic (exact) mass is 445 g/mol. The van der Waals surface area contributed by atoms with E-state index in [9.17, 15) is 4.79 Å². The van der Waals surface area contributed by atoms with Gasteiger partial charge in [0.1, 0.15) is 5.75 Å². The van der Waals surface area contributed by atoms with E-state index in [4.69, 9.17) is 28.6 Å². The number of hydrogen-bond acceptors (Lipinski definition) is 4. The second-order valence-electron chi connectivity index (χ2n) is 7.93. The number of hydrogen-bond donors (Lipinski definition) is 2. The van der Waals surface area contributed by atoms with Gasteiger partial charge in [0.05, 0.1) is 16.8 Å². The summed E-state index contributed by atoms with van der Waals surface area (Å²) in [5.41, 5.74) is 2.27. The van der Waals surface area contributed by atoms with Crippen molar-refractivity contribution in [3.63, 3.8) is 0 Å². The zero-order chi connectivity index (χ0) is 21.7. The molecule has 2 aromatic carbocycles.